The van der Waals surface area contributed by atoms with Crippen LogP contribution in [0.25, 0.3) is 0 Å². The number of halogens is 2. The predicted molar refractivity (Wildman–Crippen MR) is 99.8 cm³/mol. The largest absolute Gasteiger partial charge is 0.365 e. The molecule has 0 spiro atoms. The molecule has 1 aromatic heterocycles. The molecule has 1 aliphatic carbocycles. The highest BCUT2D eigenvalue weighted by Crippen LogP contribution is 2.37. The molecule has 0 saturated heterocycles. The van der Waals surface area contributed by atoms with Crippen molar-refractivity contribution in [2.75, 3.05) is 11.1 Å². The number of thioether (sulfide) groups is 1. The Morgan fingerprint density at radius 1 is 1.15 bits per heavy atom. The molecule has 0 saturated carbocycles. The van der Waals surface area contributed by atoms with Crippen LogP contribution < -0.4 is 11.1 Å². The fourth-order valence-corrected chi connectivity index (χ4v) is 5.00. The number of anilines is 1. The molecule has 0 unspecified atom stereocenters. The molecule has 0 atom stereocenters. The van der Waals surface area contributed by atoms with Crippen molar-refractivity contribution in [3.05, 3.63) is 45.8 Å². The van der Waals surface area contributed by atoms with Crippen molar-refractivity contribution in [3.63, 3.8) is 0 Å². The van der Waals surface area contributed by atoms with Crippen LogP contribution in [0.3, 0.4) is 0 Å². The smallest absolute Gasteiger partial charge is 0.251 e. The van der Waals surface area contributed by atoms with E-state index >= 15 is 0 Å². The second kappa shape index (κ2) is 8.18. The van der Waals surface area contributed by atoms with Crippen molar-refractivity contribution in [2.45, 2.75) is 37.0 Å². The molecule has 138 valence electrons. The quantitative estimate of drug-likeness (QED) is 0.590. The second-order valence-corrected chi connectivity index (χ2v) is 8.20. The number of rotatable bonds is 5. The van der Waals surface area contributed by atoms with Crippen LogP contribution in [0.1, 0.15) is 40.1 Å². The van der Waals surface area contributed by atoms with Crippen LogP contribution in [0.2, 0.25) is 0 Å². The standard InChI is InChI=1S/C18H18F2N2O2S2/c19-12-7-6-10(8-13(12)20)25-9-15(23)22-18-16(17(21)24)11-4-2-1-3-5-14(11)26-18/h6-8H,1-5,9H2,(H2,21,24)(H,22,23). The molecule has 3 N–H and O–H groups in total. The minimum atomic E-state index is -0.951. The lowest BCUT2D eigenvalue weighted by molar-refractivity contribution is -0.113. The Balaban J connectivity index is 1.70. The second-order valence-electron chi connectivity index (χ2n) is 6.05. The van der Waals surface area contributed by atoms with Crippen molar-refractivity contribution in [1.29, 1.82) is 0 Å². The first-order valence-electron chi connectivity index (χ1n) is 8.27. The molecule has 0 radical (unpaired) electrons. The molecule has 1 heterocycles. The number of nitrogens with one attached hydrogen (secondary N) is 1. The third kappa shape index (κ3) is 4.24. The van der Waals surface area contributed by atoms with Crippen molar-refractivity contribution >= 4 is 39.9 Å². The van der Waals surface area contributed by atoms with Gasteiger partial charge in [-0.3, -0.25) is 9.59 Å². The molecular weight excluding hydrogens is 378 g/mol. The van der Waals surface area contributed by atoms with E-state index in [1.807, 2.05) is 0 Å². The van der Waals surface area contributed by atoms with E-state index in [1.165, 1.54) is 17.4 Å². The maximum atomic E-state index is 13.2. The van der Waals surface area contributed by atoms with Gasteiger partial charge in [-0.05, 0) is 49.4 Å². The van der Waals surface area contributed by atoms with Gasteiger partial charge in [0, 0.05) is 9.77 Å². The molecule has 4 nitrogen and oxygen atoms in total. The first kappa shape index (κ1) is 18.8. The number of nitrogens with two attached hydrogens (primary N) is 1. The molecule has 0 fully saturated rings. The van der Waals surface area contributed by atoms with Gasteiger partial charge in [0.15, 0.2) is 11.6 Å². The summed E-state index contributed by atoms with van der Waals surface area (Å²) in [6, 6.07) is 3.49. The number of carbonyl (C=O) groups is 2. The number of primary amides is 1. The van der Waals surface area contributed by atoms with Gasteiger partial charge in [0.05, 0.1) is 11.3 Å². The molecular formula is C18H18F2N2O2S2. The number of fused-ring (bicyclic) bond motifs is 1. The zero-order chi connectivity index (χ0) is 18.7. The van der Waals surface area contributed by atoms with E-state index in [0.29, 0.717) is 15.5 Å². The number of thiophene rings is 1. The highest BCUT2D eigenvalue weighted by atomic mass is 32.2. The SMILES string of the molecule is NC(=O)c1c(NC(=O)CSc2ccc(F)c(F)c2)sc2c1CCCCC2. The molecule has 1 aliphatic rings. The fraction of sp³-hybridized carbons (Fsp3) is 0.333. The minimum Gasteiger partial charge on any atom is -0.365 e. The van der Waals surface area contributed by atoms with Gasteiger partial charge in [-0.25, -0.2) is 8.78 Å². The number of amides is 2. The summed E-state index contributed by atoms with van der Waals surface area (Å²) in [6.45, 7) is 0. The molecule has 2 aromatic rings. The zero-order valence-corrected chi connectivity index (χ0v) is 15.6. The van der Waals surface area contributed by atoms with Gasteiger partial charge in [-0.1, -0.05) is 6.42 Å². The number of carbonyl (C=O) groups excluding carboxylic acids is 2. The summed E-state index contributed by atoms with van der Waals surface area (Å²) >= 11 is 2.50. The highest BCUT2D eigenvalue weighted by Gasteiger charge is 2.24. The van der Waals surface area contributed by atoms with E-state index < -0.39 is 17.5 Å². The van der Waals surface area contributed by atoms with E-state index in [0.717, 1.165) is 66.4 Å². The Labute approximate surface area is 158 Å². The molecule has 1 aromatic carbocycles. The van der Waals surface area contributed by atoms with Gasteiger partial charge in [-0.2, -0.15) is 0 Å². The lowest BCUT2D eigenvalue weighted by atomic mass is 10.1. The van der Waals surface area contributed by atoms with Gasteiger partial charge < -0.3 is 11.1 Å². The van der Waals surface area contributed by atoms with Gasteiger partial charge in [-0.15, -0.1) is 23.1 Å². The van der Waals surface area contributed by atoms with Crippen LogP contribution in [0.4, 0.5) is 13.8 Å². The van der Waals surface area contributed by atoms with Crippen LogP contribution in [0.15, 0.2) is 23.1 Å². The summed E-state index contributed by atoms with van der Waals surface area (Å²) < 4.78 is 26.2. The number of benzene rings is 1. The molecule has 3 rings (SSSR count). The first-order chi connectivity index (χ1) is 12.5. The Bertz CT molecular complexity index is 852. The number of hydrogen-bond donors (Lipinski definition) is 2. The average Bonchev–Trinajstić information content (AvgIpc) is 2.77. The zero-order valence-electron chi connectivity index (χ0n) is 13.9. The predicted octanol–water partition coefficient (Wildman–Crippen LogP) is 4.12. The summed E-state index contributed by atoms with van der Waals surface area (Å²) in [5.74, 6) is -2.71. The van der Waals surface area contributed by atoms with Crippen LogP contribution >= 0.6 is 23.1 Å². The number of hydrogen-bond acceptors (Lipinski definition) is 4. The lowest BCUT2D eigenvalue weighted by Gasteiger charge is -2.06. The normalized spacial score (nSPS) is 13.8. The van der Waals surface area contributed by atoms with Crippen molar-refractivity contribution in [1.82, 2.24) is 0 Å². The summed E-state index contributed by atoms with van der Waals surface area (Å²) in [5, 5.41) is 3.24. The Morgan fingerprint density at radius 3 is 2.65 bits per heavy atom. The molecule has 0 aliphatic heterocycles. The monoisotopic (exact) mass is 396 g/mol. The van der Waals surface area contributed by atoms with Gasteiger partial charge in [0.2, 0.25) is 5.91 Å². The van der Waals surface area contributed by atoms with Crippen LogP contribution in [-0.2, 0) is 17.6 Å². The summed E-state index contributed by atoms with van der Waals surface area (Å²) in [7, 11) is 0. The van der Waals surface area contributed by atoms with E-state index in [4.69, 9.17) is 5.73 Å². The first-order valence-corrected chi connectivity index (χ1v) is 10.1. The Kier molecular flexibility index (Phi) is 5.93. The maximum Gasteiger partial charge on any atom is 0.251 e. The van der Waals surface area contributed by atoms with Gasteiger partial charge in [0.1, 0.15) is 5.00 Å². The van der Waals surface area contributed by atoms with E-state index in [1.54, 1.807) is 0 Å². The summed E-state index contributed by atoms with van der Waals surface area (Å²) in [5.41, 5.74) is 6.92. The Hall–Kier alpha value is -1.93. The van der Waals surface area contributed by atoms with E-state index in [2.05, 4.69) is 5.32 Å². The van der Waals surface area contributed by atoms with Crippen LogP contribution in [0.5, 0.6) is 0 Å². The molecule has 0 bridgehead atoms. The third-order valence-corrected chi connectivity index (χ3v) is 6.38. The molecule has 26 heavy (non-hydrogen) atoms. The van der Waals surface area contributed by atoms with Crippen molar-refractivity contribution < 1.29 is 18.4 Å². The van der Waals surface area contributed by atoms with Crippen molar-refractivity contribution in [2.24, 2.45) is 5.73 Å². The average molecular weight is 396 g/mol. The topological polar surface area (TPSA) is 72.2 Å². The van der Waals surface area contributed by atoms with Gasteiger partial charge >= 0.3 is 0 Å². The highest BCUT2D eigenvalue weighted by molar-refractivity contribution is 8.00. The fourth-order valence-electron chi connectivity index (χ4n) is 2.97. The van der Waals surface area contributed by atoms with E-state index in [9.17, 15) is 18.4 Å². The van der Waals surface area contributed by atoms with Crippen molar-refractivity contribution in [3.8, 4) is 0 Å². The molecule has 2 amide bonds. The Morgan fingerprint density at radius 2 is 1.92 bits per heavy atom. The number of aryl methyl sites for hydroxylation is 1. The van der Waals surface area contributed by atoms with E-state index in [-0.39, 0.29) is 11.7 Å². The van der Waals surface area contributed by atoms with Gasteiger partial charge in [0.25, 0.3) is 5.91 Å². The summed E-state index contributed by atoms with van der Waals surface area (Å²) in [4.78, 5) is 25.7. The van der Waals surface area contributed by atoms with Crippen LogP contribution in [-0.4, -0.2) is 17.6 Å². The maximum absolute atomic E-state index is 13.2. The molecule has 8 heteroatoms. The third-order valence-electron chi connectivity index (χ3n) is 4.18. The lowest BCUT2D eigenvalue weighted by Crippen LogP contribution is -2.19. The minimum absolute atomic E-state index is 0.0197. The summed E-state index contributed by atoms with van der Waals surface area (Å²) in [6.07, 6.45) is 4.87. The van der Waals surface area contributed by atoms with Crippen LogP contribution in [0, 0.1) is 11.6 Å².